The van der Waals surface area contributed by atoms with Crippen LogP contribution in [0.3, 0.4) is 0 Å². The van der Waals surface area contributed by atoms with Gasteiger partial charge in [0.15, 0.2) is 0 Å². The Morgan fingerprint density at radius 2 is 2.12 bits per heavy atom. The highest BCUT2D eigenvalue weighted by atomic mass is 79.9. The molecular weight excluding hydrogens is 287 g/mol. The quantitative estimate of drug-likeness (QED) is 0.894. The highest BCUT2D eigenvalue weighted by Crippen LogP contribution is 2.24. The summed E-state index contributed by atoms with van der Waals surface area (Å²) in [5.74, 6) is 0.717. The predicted molar refractivity (Wildman–Crippen MR) is 68.6 cm³/mol. The number of nitrogens with one attached hydrogen (secondary N) is 1. The summed E-state index contributed by atoms with van der Waals surface area (Å²) in [6.07, 6.45) is 1.38. The summed E-state index contributed by atoms with van der Waals surface area (Å²) in [6, 6.07) is 4.62. The number of anilines is 3. The fourth-order valence-electron chi connectivity index (χ4n) is 1.30. The molecule has 6 heteroatoms. The second-order valence-electron chi connectivity index (χ2n) is 3.49. The summed E-state index contributed by atoms with van der Waals surface area (Å²) in [4.78, 5) is 7.95. The van der Waals surface area contributed by atoms with Gasteiger partial charge < -0.3 is 11.1 Å². The topological polar surface area (TPSA) is 63.8 Å². The van der Waals surface area contributed by atoms with Crippen LogP contribution in [0.15, 0.2) is 29.0 Å². The van der Waals surface area contributed by atoms with Gasteiger partial charge in [0.25, 0.3) is 0 Å². The van der Waals surface area contributed by atoms with E-state index < -0.39 is 0 Å². The summed E-state index contributed by atoms with van der Waals surface area (Å²) in [7, 11) is 0. The number of hydrogen-bond acceptors (Lipinski definition) is 4. The lowest BCUT2D eigenvalue weighted by Gasteiger charge is -2.09. The van der Waals surface area contributed by atoms with E-state index >= 15 is 0 Å². The molecule has 0 radical (unpaired) electrons. The van der Waals surface area contributed by atoms with Gasteiger partial charge >= 0.3 is 0 Å². The molecule has 0 spiro atoms. The van der Waals surface area contributed by atoms with E-state index in [0.717, 1.165) is 11.3 Å². The fourth-order valence-corrected chi connectivity index (χ4v) is 1.68. The highest BCUT2D eigenvalue weighted by molar-refractivity contribution is 9.10. The normalized spacial score (nSPS) is 10.3. The Morgan fingerprint density at radius 3 is 2.82 bits per heavy atom. The number of halogens is 2. The van der Waals surface area contributed by atoms with E-state index in [9.17, 15) is 4.39 Å². The minimum Gasteiger partial charge on any atom is -0.383 e. The largest absolute Gasteiger partial charge is 0.383 e. The molecule has 0 saturated heterocycles. The molecule has 88 valence electrons. The molecule has 0 aliphatic heterocycles. The van der Waals surface area contributed by atoms with Crippen molar-refractivity contribution >= 4 is 33.3 Å². The number of rotatable bonds is 2. The molecule has 2 rings (SSSR count). The highest BCUT2D eigenvalue weighted by Gasteiger charge is 2.06. The molecule has 0 unspecified atom stereocenters. The minimum absolute atomic E-state index is 0.311. The van der Waals surface area contributed by atoms with Crippen molar-refractivity contribution in [2.24, 2.45) is 0 Å². The van der Waals surface area contributed by atoms with Gasteiger partial charge in [-0.05, 0) is 41.1 Å². The van der Waals surface area contributed by atoms with Gasteiger partial charge in [-0.2, -0.15) is 0 Å². The summed E-state index contributed by atoms with van der Waals surface area (Å²) in [5.41, 5.74) is 7.15. The first-order chi connectivity index (χ1) is 8.08. The molecule has 3 N–H and O–H groups in total. The Balaban J connectivity index is 2.31. The molecule has 4 nitrogen and oxygen atoms in total. The first-order valence-electron chi connectivity index (χ1n) is 4.87. The number of nitrogen functional groups attached to an aromatic ring is 1. The zero-order chi connectivity index (χ0) is 12.4. The molecular formula is C11H10BrFN4. The Labute approximate surface area is 106 Å². The Kier molecular flexibility index (Phi) is 3.23. The summed E-state index contributed by atoms with van der Waals surface area (Å²) >= 11 is 3.12. The second kappa shape index (κ2) is 4.67. The third-order valence-corrected chi connectivity index (χ3v) is 2.91. The van der Waals surface area contributed by atoms with Gasteiger partial charge in [0.05, 0.1) is 4.47 Å². The SMILES string of the molecule is Cc1c(N)ncnc1Nc1ccc(F)c(Br)c1. The monoisotopic (exact) mass is 296 g/mol. The zero-order valence-electron chi connectivity index (χ0n) is 9.04. The van der Waals surface area contributed by atoms with Gasteiger partial charge in [0, 0.05) is 11.3 Å². The van der Waals surface area contributed by atoms with Crippen molar-refractivity contribution in [2.75, 3.05) is 11.1 Å². The molecule has 0 amide bonds. The summed E-state index contributed by atoms with van der Waals surface area (Å²) < 4.78 is 13.5. The van der Waals surface area contributed by atoms with Gasteiger partial charge in [-0.3, -0.25) is 0 Å². The smallest absolute Gasteiger partial charge is 0.138 e. The van der Waals surface area contributed by atoms with Gasteiger partial charge in [0.2, 0.25) is 0 Å². The third kappa shape index (κ3) is 2.52. The summed E-state index contributed by atoms with van der Waals surface area (Å²) in [5, 5.41) is 3.05. The van der Waals surface area contributed by atoms with Crippen molar-refractivity contribution < 1.29 is 4.39 Å². The number of nitrogens with zero attached hydrogens (tertiary/aromatic N) is 2. The van der Waals surface area contributed by atoms with Crippen molar-refractivity contribution in [1.82, 2.24) is 9.97 Å². The van der Waals surface area contributed by atoms with Crippen molar-refractivity contribution in [3.05, 3.63) is 40.4 Å². The molecule has 1 aromatic heterocycles. The van der Waals surface area contributed by atoms with Gasteiger partial charge in [-0.25, -0.2) is 14.4 Å². The van der Waals surface area contributed by atoms with Crippen LogP contribution >= 0.6 is 15.9 Å². The van der Waals surface area contributed by atoms with Crippen LogP contribution in [-0.4, -0.2) is 9.97 Å². The van der Waals surface area contributed by atoms with Gasteiger partial charge in [0.1, 0.15) is 23.8 Å². The maximum atomic E-state index is 13.1. The molecule has 0 atom stereocenters. The molecule has 2 aromatic rings. The molecule has 17 heavy (non-hydrogen) atoms. The van der Waals surface area contributed by atoms with E-state index in [1.165, 1.54) is 12.4 Å². The molecule has 0 bridgehead atoms. The third-order valence-electron chi connectivity index (χ3n) is 2.31. The minimum atomic E-state index is -0.311. The molecule has 0 aliphatic carbocycles. The van der Waals surface area contributed by atoms with Crippen LogP contribution in [0.4, 0.5) is 21.7 Å². The second-order valence-corrected chi connectivity index (χ2v) is 4.34. The zero-order valence-corrected chi connectivity index (χ0v) is 10.6. The van der Waals surface area contributed by atoms with Crippen LogP contribution < -0.4 is 11.1 Å². The van der Waals surface area contributed by atoms with E-state index in [4.69, 9.17) is 5.73 Å². The number of nitrogens with two attached hydrogens (primary N) is 1. The van der Waals surface area contributed by atoms with Crippen LogP contribution in [0, 0.1) is 12.7 Å². The van der Waals surface area contributed by atoms with E-state index in [0.29, 0.717) is 16.1 Å². The first-order valence-corrected chi connectivity index (χ1v) is 5.66. The molecule has 0 aliphatic rings. The van der Waals surface area contributed by atoms with Crippen LogP contribution in [0.1, 0.15) is 5.56 Å². The van der Waals surface area contributed by atoms with Crippen LogP contribution in [0.2, 0.25) is 0 Å². The van der Waals surface area contributed by atoms with E-state index in [1.807, 2.05) is 6.92 Å². The van der Waals surface area contributed by atoms with Gasteiger partial charge in [-0.15, -0.1) is 0 Å². The lowest BCUT2D eigenvalue weighted by atomic mass is 10.2. The number of aromatic nitrogens is 2. The van der Waals surface area contributed by atoms with Crippen LogP contribution in [-0.2, 0) is 0 Å². The maximum Gasteiger partial charge on any atom is 0.138 e. The lowest BCUT2D eigenvalue weighted by Crippen LogP contribution is -2.02. The van der Waals surface area contributed by atoms with Crippen molar-refractivity contribution in [2.45, 2.75) is 6.92 Å². The predicted octanol–water partition coefficient (Wildman–Crippen LogP) is 3.01. The molecule has 1 aromatic carbocycles. The number of benzene rings is 1. The van der Waals surface area contributed by atoms with Crippen molar-refractivity contribution in [3.63, 3.8) is 0 Å². The average molecular weight is 297 g/mol. The van der Waals surface area contributed by atoms with E-state index in [2.05, 4.69) is 31.2 Å². The first kappa shape index (κ1) is 11.8. The fraction of sp³-hybridized carbons (Fsp3) is 0.0909. The lowest BCUT2D eigenvalue weighted by molar-refractivity contribution is 0.621. The maximum absolute atomic E-state index is 13.1. The van der Waals surface area contributed by atoms with E-state index in [-0.39, 0.29) is 5.82 Å². The Hall–Kier alpha value is -1.69. The van der Waals surface area contributed by atoms with E-state index in [1.54, 1.807) is 12.1 Å². The average Bonchev–Trinajstić information content (AvgIpc) is 2.30. The summed E-state index contributed by atoms with van der Waals surface area (Å²) in [6.45, 7) is 1.82. The van der Waals surface area contributed by atoms with Crippen molar-refractivity contribution in [1.29, 1.82) is 0 Å². The standard InChI is InChI=1S/C11H10BrFN4/c1-6-10(14)15-5-16-11(6)17-7-2-3-9(13)8(12)4-7/h2-5H,1H3,(H3,14,15,16,17). The number of hydrogen-bond donors (Lipinski definition) is 2. The molecule has 0 saturated carbocycles. The van der Waals surface area contributed by atoms with Crippen molar-refractivity contribution in [3.8, 4) is 0 Å². The molecule has 0 fully saturated rings. The Morgan fingerprint density at radius 1 is 1.35 bits per heavy atom. The Bertz CT molecular complexity index is 559. The van der Waals surface area contributed by atoms with Crippen LogP contribution in [0.5, 0.6) is 0 Å². The van der Waals surface area contributed by atoms with Crippen LogP contribution in [0.25, 0.3) is 0 Å². The molecule has 1 heterocycles. The van der Waals surface area contributed by atoms with Gasteiger partial charge in [-0.1, -0.05) is 0 Å².